The van der Waals surface area contributed by atoms with Crippen LogP contribution < -0.4 is 10.8 Å². The lowest BCUT2D eigenvalue weighted by Gasteiger charge is -2.42. The Morgan fingerprint density at radius 1 is 1.47 bits per heavy atom. The zero-order valence-electron chi connectivity index (χ0n) is 9.59. The van der Waals surface area contributed by atoms with Crippen LogP contribution in [0.1, 0.15) is 40.0 Å². The molecule has 0 saturated heterocycles. The molecular weight excluding hydrogens is 196 g/mol. The number of nitrogens with one attached hydrogen (secondary N) is 2. The predicted molar refractivity (Wildman–Crippen MR) is 55.7 cm³/mol. The fourth-order valence-electron chi connectivity index (χ4n) is 1.62. The molecule has 1 aliphatic carbocycles. The third kappa shape index (κ3) is 3.68. The minimum Gasteiger partial charge on any atom is -0.444 e. The van der Waals surface area contributed by atoms with Crippen molar-refractivity contribution in [1.29, 1.82) is 0 Å². The van der Waals surface area contributed by atoms with E-state index in [9.17, 15) is 4.79 Å². The minimum atomic E-state index is -0.484. The highest BCUT2D eigenvalue weighted by Crippen LogP contribution is 2.31. The molecule has 1 saturated carbocycles. The second kappa shape index (κ2) is 4.37. The van der Waals surface area contributed by atoms with Crippen molar-refractivity contribution in [2.75, 3.05) is 6.54 Å². The molecule has 0 unspecified atom stereocenters. The molecule has 0 aromatic rings. The summed E-state index contributed by atoms with van der Waals surface area (Å²) in [6.07, 6.45) is 2.40. The Morgan fingerprint density at radius 3 is 2.40 bits per heavy atom. The van der Waals surface area contributed by atoms with Gasteiger partial charge in [0.05, 0.1) is 5.54 Å². The Bertz CT molecular complexity index is 231. The highest BCUT2D eigenvalue weighted by Gasteiger charge is 2.39. The standard InChI is InChI=1S/C10H20N2O3/c1-9(2,3)15-8(13)12-10(7-11-14)5-4-6-10/h11,14H,4-7H2,1-3H3,(H,12,13). The van der Waals surface area contributed by atoms with Gasteiger partial charge in [-0.25, -0.2) is 10.3 Å². The summed E-state index contributed by atoms with van der Waals surface area (Å²) in [6, 6.07) is 0. The fourth-order valence-corrected chi connectivity index (χ4v) is 1.62. The van der Waals surface area contributed by atoms with E-state index >= 15 is 0 Å². The maximum atomic E-state index is 11.5. The average Bonchev–Trinajstić information content (AvgIpc) is 1.96. The van der Waals surface area contributed by atoms with E-state index < -0.39 is 11.7 Å². The molecule has 0 bridgehead atoms. The van der Waals surface area contributed by atoms with Crippen molar-refractivity contribution in [3.05, 3.63) is 0 Å². The molecule has 0 aromatic heterocycles. The number of rotatable bonds is 3. The molecule has 88 valence electrons. The van der Waals surface area contributed by atoms with E-state index in [1.54, 1.807) is 0 Å². The topological polar surface area (TPSA) is 70.6 Å². The largest absolute Gasteiger partial charge is 0.444 e. The first-order valence-corrected chi connectivity index (χ1v) is 5.25. The van der Waals surface area contributed by atoms with E-state index in [1.165, 1.54) is 0 Å². The summed E-state index contributed by atoms with van der Waals surface area (Å²) in [5, 5.41) is 11.5. The maximum absolute atomic E-state index is 11.5. The molecule has 3 N–H and O–H groups in total. The van der Waals surface area contributed by atoms with E-state index in [0.717, 1.165) is 19.3 Å². The van der Waals surface area contributed by atoms with Gasteiger partial charge < -0.3 is 15.3 Å². The molecular formula is C10H20N2O3. The van der Waals surface area contributed by atoms with Crippen LogP contribution in [0, 0.1) is 0 Å². The quantitative estimate of drug-likeness (QED) is 0.624. The molecule has 15 heavy (non-hydrogen) atoms. The molecule has 1 rings (SSSR count). The number of amides is 1. The van der Waals surface area contributed by atoms with Crippen LogP contribution in [0.2, 0.25) is 0 Å². The van der Waals surface area contributed by atoms with Crippen LogP contribution in [0.4, 0.5) is 4.79 Å². The summed E-state index contributed by atoms with van der Waals surface area (Å²) in [5.74, 6) is 0. The van der Waals surface area contributed by atoms with Crippen molar-refractivity contribution in [2.45, 2.75) is 51.2 Å². The van der Waals surface area contributed by atoms with Gasteiger partial charge in [0.25, 0.3) is 0 Å². The number of hydrogen-bond acceptors (Lipinski definition) is 4. The number of ether oxygens (including phenoxy) is 1. The fraction of sp³-hybridized carbons (Fsp3) is 0.900. The normalized spacial score (nSPS) is 19.2. The summed E-state index contributed by atoms with van der Waals surface area (Å²) in [5.41, 5.74) is 1.30. The van der Waals surface area contributed by atoms with Crippen molar-refractivity contribution in [1.82, 2.24) is 10.8 Å². The molecule has 1 fully saturated rings. The van der Waals surface area contributed by atoms with Crippen molar-refractivity contribution in [3.63, 3.8) is 0 Å². The minimum absolute atomic E-state index is 0.322. The van der Waals surface area contributed by atoms with Crippen LogP contribution in [-0.2, 0) is 4.74 Å². The van der Waals surface area contributed by atoms with Gasteiger partial charge in [-0.3, -0.25) is 0 Å². The molecule has 1 aliphatic rings. The van der Waals surface area contributed by atoms with Crippen LogP contribution in [0.25, 0.3) is 0 Å². The van der Waals surface area contributed by atoms with Crippen molar-refractivity contribution >= 4 is 6.09 Å². The summed E-state index contributed by atoms with van der Waals surface area (Å²) < 4.78 is 5.16. The average molecular weight is 216 g/mol. The molecule has 5 heteroatoms. The summed E-state index contributed by atoms with van der Waals surface area (Å²) in [6.45, 7) is 5.84. The van der Waals surface area contributed by atoms with Gasteiger partial charge in [0.2, 0.25) is 0 Å². The number of carbonyl (C=O) groups is 1. The number of hydrogen-bond donors (Lipinski definition) is 3. The van der Waals surface area contributed by atoms with Crippen molar-refractivity contribution in [2.24, 2.45) is 0 Å². The second-order valence-corrected chi connectivity index (χ2v) is 5.10. The molecule has 0 aromatic carbocycles. The van der Waals surface area contributed by atoms with Crippen LogP contribution in [-0.4, -0.2) is 29.0 Å². The highest BCUT2D eigenvalue weighted by atomic mass is 16.6. The van der Waals surface area contributed by atoms with Crippen LogP contribution in [0.5, 0.6) is 0 Å². The SMILES string of the molecule is CC(C)(C)OC(=O)NC1(CNO)CCC1. The van der Waals surface area contributed by atoms with Crippen molar-refractivity contribution < 1.29 is 14.7 Å². The first-order chi connectivity index (χ1) is 6.87. The molecule has 5 nitrogen and oxygen atoms in total. The second-order valence-electron chi connectivity index (χ2n) is 5.10. The van der Waals surface area contributed by atoms with E-state index in [2.05, 4.69) is 10.8 Å². The van der Waals surface area contributed by atoms with E-state index in [4.69, 9.17) is 9.94 Å². The Morgan fingerprint density at radius 2 is 2.07 bits per heavy atom. The zero-order chi connectivity index (χ0) is 11.5. The summed E-state index contributed by atoms with van der Waals surface area (Å²) >= 11 is 0. The van der Waals surface area contributed by atoms with E-state index in [0.29, 0.717) is 6.54 Å². The lowest BCUT2D eigenvalue weighted by Crippen LogP contribution is -2.59. The summed E-state index contributed by atoms with van der Waals surface area (Å²) in [4.78, 5) is 11.5. The molecule has 0 heterocycles. The van der Waals surface area contributed by atoms with Gasteiger partial charge in [0, 0.05) is 6.54 Å². The van der Waals surface area contributed by atoms with Gasteiger partial charge in [0.1, 0.15) is 5.60 Å². The van der Waals surface area contributed by atoms with Gasteiger partial charge in [-0.15, -0.1) is 0 Å². The molecule has 0 spiro atoms. The Balaban J connectivity index is 2.42. The molecule has 0 radical (unpaired) electrons. The van der Waals surface area contributed by atoms with Crippen LogP contribution in [0.3, 0.4) is 0 Å². The lowest BCUT2D eigenvalue weighted by atomic mass is 9.77. The number of hydroxylamine groups is 1. The van der Waals surface area contributed by atoms with Crippen molar-refractivity contribution in [3.8, 4) is 0 Å². The first-order valence-electron chi connectivity index (χ1n) is 5.25. The molecule has 1 amide bonds. The summed E-state index contributed by atoms with van der Waals surface area (Å²) in [7, 11) is 0. The van der Waals surface area contributed by atoms with Gasteiger partial charge in [-0.05, 0) is 40.0 Å². The lowest BCUT2D eigenvalue weighted by molar-refractivity contribution is 0.0307. The molecule has 0 aliphatic heterocycles. The number of alkyl carbamates (subject to hydrolysis) is 1. The maximum Gasteiger partial charge on any atom is 0.408 e. The van der Waals surface area contributed by atoms with Gasteiger partial charge in [0.15, 0.2) is 0 Å². The van der Waals surface area contributed by atoms with Gasteiger partial charge >= 0.3 is 6.09 Å². The first kappa shape index (κ1) is 12.3. The van der Waals surface area contributed by atoms with E-state index in [-0.39, 0.29) is 5.54 Å². The van der Waals surface area contributed by atoms with Crippen LogP contribution >= 0.6 is 0 Å². The van der Waals surface area contributed by atoms with E-state index in [1.807, 2.05) is 20.8 Å². The van der Waals surface area contributed by atoms with Gasteiger partial charge in [-0.1, -0.05) is 0 Å². The highest BCUT2D eigenvalue weighted by molar-refractivity contribution is 5.69. The monoisotopic (exact) mass is 216 g/mol. The Labute approximate surface area is 90.1 Å². The Hall–Kier alpha value is -0.810. The van der Waals surface area contributed by atoms with Crippen LogP contribution in [0.15, 0.2) is 0 Å². The number of carbonyl (C=O) groups excluding carboxylic acids is 1. The zero-order valence-corrected chi connectivity index (χ0v) is 9.59. The third-order valence-corrected chi connectivity index (χ3v) is 2.49. The molecule has 0 atom stereocenters. The van der Waals surface area contributed by atoms with Gasteiger partial charge in [-0.2, -0.15) is 0 Å². The predicted octanol–water partition coefficient (Wildman–Crippen LogP) is 1.41. The smallest absolute Gasteiger partial charge is 0.408 e. The third-order valence-electron chi connectivity index (χ3n) is 2.49. The Kier molecular flexibility index (Phi) is 3.57.